The minimum Gasteiger partial charge on any atom is -0.388 e. The third-order valence-corrected chi connectivity index (χ3v) is 4.45. The van der Waals surface area contributed by atoms with E-state index in [2.05, 4.69) is 5.32 Å². The highest BCUT2D eigenvalue weighted by atomic mass is 16.3. The van der Waals surface area contributed by atoms with E-state index in [-0.39, 0.29) is 24.3 Å². The van der Waals surface area contributed by atoms with E-state index >= 15 is 0 Å². The number of aliphatic hydroxyl groups is 1. The van der Waals surface area contributed by atoms with Gasteiger partial charge in [-0.25, -0.2) is 0 Å². The van der Waals surface area contributed by atoms with Crippen LogP contribution in [0.5, 0.6) is 0 Å². The van der Waals surface area contributed by atoms with E-state index in [4.69, 9.17) is 0 Å². The third-order valence-electron chi connectivity index (χ3n) is 4.45. The topological polar surface area (TPSA) is 69.6 Å². The van der Waals surface area contributed by atoms with Gasteiger partial charge in [0.2, 0.25) is 11.8 Å². The molecule has 1 saturated carbocycles. The first-order chi connectivity index (χ1) is 10.9. The quantitative estimate of drug-likeness (QED) is 0.843. The van der Waals surface area contributed by atoms with Gasteiger partial charge in [-0.1, -0.05) is 43.2 Å². The lowest BCUT2D eigenvalue weighted by atomic mass is 10.00. The van der Waals surface area contributed by atoms with Gasteiger partial charge in [0.25, 0.3) is 0 Å². The summed E-state index contributed by atoms with van der Waals surface area (Å²) in [4.78, 5) is 25.5. The van der Waals surface area contributed by atoms with Gasteiger partial charge in [-0.15, -0.1) is 0 Å². The van der Waals surface area contributed by atoms with Crippen LogP contribution in [0.3, 0.4) is 0 Å². The van der Waals surface area contributed by atoms with Crippen molar-refractivity contribution in [1.82, 2.24) is 10.2 Å². The van der Waals surface area contributed by atoms with Crippen LogP contribution < -0.4 is 5.32 Å². The summed E-state index contributed by atoms with van der Waals surface area (Å²) in [6, 6.07) is 9.13. The lowest BCUT2D eigenvalue weighted by Crippen LogP contribution is -2.43. The molecule has 5 heteroatoms. The zero-order valence-corrected chi connectivity index (χ0v) is 13.9. The smallest absolute Gasteiger partial charge is 0.224 e. The zero-order valence-electron chi connectivity index (χ0n) is 13.9. The predicted octanol–water partition coefficient (Wildman–Crippen LogP) is 2.02. The van der Waals surface area contributed by atoms with Gasteiger partial charge in [-0.3, -0.25) is 9.59 Å². The van der Waals surface area contributed by atoms with Gasteiger partial charge in [0.1, 0.15) is 0 Å². The van der Waals surface area contributed by atoms with E-state index < -0.39 is 5.60 Å². The highest BCUT2D eigenvalue weighted by molar-refractivity contribution is 5.79. The van der Waals surface area contributed by atoms with Crippen LogP contribution in [0.25, 0.3) is 0 Å². The molecule has 5 nitrogen and oxygen atoms in total. The Balaban J connectivity index is 2.00. The maximum Gasteiger partial charge on any atom is 0.224 e. The highest BCUT2D eigenvalue weighted by Gasteiger charge is 2.33. The molecular formula is C18H26N2O3. The first-order valence-corrected chi connectivity index (χ1v) is 8.18. The van der Waals surface area contributed by atoms with Crippen LogP contribution in [0.15, 0.2) is 30.3 Å². The maximum atomic E-state index is 12.5. The van der Waals surface area contributed by atoms with Crippen molar-refractivity contribution in [3.8, 4) is 0 Å². The van der Waals surface area contributed by atoms with Crippen molar-refractivity contribution < 1.29 is 14.7 Å². The first kappa shape index (κ1) is 17.5. The SMILES string of the molecule is CC(=O)NC(CC(=O)N(C)CC1(O)CCCC1)c1ccccc1. The van der Waals surface area contributed by atoms with Crippen molar-refractivity contribution in [3.63, 3.8) is 0 Å². The normalized spacial score (nSPS) is 17.5. The summed E-state index contributed by atoms with van der Waals surface area (Å²) >= 11 is 0. The molecule has 1 aromatic carbocycles. The zero-order chi connectivity index (χ0) is 16.9. The molecule has 1 aromatic rings. The first-order valence-electron chi connectivity index (χ1n) is 8.18. The molecule has 0 heterocycles. The Labute approximate surface area is 137 Å². The number of carbonyl (C=O) groups is 2. The summed E-state index contributed by atoms with van der Waals surface area (Å²) in [6.45, 7) is 1.80. The second-order valence-corrected chi connectivity index (χ2v) is 6.55. The summed E-state index contributed by atoms with van der Waals surface area (Å²) in [7, 11) is 1.72. The Kier molecular flexibility index (Phi) is 5.77. The average molecular weight is 318 g/mol. The Morgan fingerprint density at radius 3 is 2.43 bits per heavy atom. The minimum absolute atomic E-state index is 0.0760. The van der Waals surface area contributed by atoms with Crippen LogP contribution in [0, 0.1) is 0 Å². The number of nitrogens with zero attached hydrogens (tertiary/aromatic N) is 1. The Hall–Kier alpha value is -1.88. The van der Waals surface area contributed by atoms with E-state index in [9.17, 15) is 14.7 Å². The van der Waals surface area contributed by atoms with Gasteiger partial charge in [0.15, 0.2) is 0 Å². The van der Waals surface area contributed by atoms with Gasteiger partial charge >= 0.3 is 0 Å². The average Bonchev–Trinajstić information content (AvgIpc) is 2.93. The Morgan fingerprint density at radius 2 is 1.87 bits per heavy atom. The number of hydrogen-bond donors (Lipinski definition) is 2. The molecule has 1 aliphatic carbocycles. The fraction of sp³-hybridized carbons (Fsp3) is 0.556. The standard InChI is InChI=1S/C18H26N2O3/c1-14(21)19-16(15-8-4-3-5-9-15)12-17(22)20(2)13-18(23)10-6-7-11-18/h3-5,8-9,16,23H,6-7,10-13H2,1-2H3,(H,19,21). The summed E-state index contributed by atoms with van der Waals surface area (Å²) in [5.41, 5.74) is 0.157. The van der Waals surface area contributed by atoms with Crippen molar-refractivity contribution in [2.75, 3.05) is 13.6 Å². The second kappa shape index (κ2) is 7.59. The molecule has 23 heavy (non-hydrogen) atoms. The van der Waals surface area contributed by atoms with E-state index in [0.29, 0.717) is 6.54 Å². The lowest BCUT2D eigenvalue weighted by molar-refractivity contribution is -0.134. The van der Waals surface area contributed by atoms with Crippen LogP contribution >= 0.6 is 0 Å². The molecule has 0 aromatic heterocycles. The number of amides is 2. The number of likely N-dealkylation sites (N-methyl/N-ethyl adjacent to an activating group) is 1. The fourth-order valence-electron chi connectivity index (χ4n) is 3.23. The molecule has 0 bridgehead atoms. The van der Waals surface area contributed by atoms with Crippen molar-refractivity contribution in [3.05, 3.63) is 35.9 Å². The van der Waals surface area contributed by atoms with E-state index in [1.807, 2.05) is 30.3 Å². The fourth-order valence-corrected chi connectivity index (χ4v) is 3.23. The molecule has 2 amide bonds. The maximum absolute atomic E-state index is 12.5. The molecule has 0 radical (unpaired) electrons. The molecule has 1 aliphatic rings. The minimum atomic E-state index is -0.749. The monoisotopic (exact) mass is 318 g/mol. The van der Waals surface area contributed by atoms with Gasteiger partial charge in [-0.05, 0) is 18.4 Å². The van der Waals surface area contributed by atoms with Crippen LogP contribution in [0.4, 0.5) is 0 Å². The molecule has 0 spiro atoms. The van der Waals surface area contributed by atoms with Crippen LogP contribution in [-0.4, -0.2) is 41.0 Å². The highest BCUT2D eigenvalue weighted by Crippen LogP contribution is 2.30. The van der Waals surface area contributed by atoms with Crippen molar-refractivity contribution in [2.45, 2.75) is 50.7 Å². The molecule has 1 fully saturated rings. The summed E-state index contributed by atoms with van der Waals surface area (Å²) in [6.07, 6.45) is 3.71. The molecule has 1 atom stereocenters. The van der Waals surface area contributed by atoms with E-state index in [1.165, 1.54) is 6.92 Å². The summed E-state index contributed by atoms with van der Waals surface area (Å²) in [5.74, 6) is -0.239. The molecular weight excluding hydrogens is 292 g/mol. The largest absolute Gasteiger partial charge is 0.388 e. The van der Waals surface area contributed by atoms with Gasteiger partial charge in [-0.2, -0.15) is 0 Å². The predicted molar refractivity (Wildman–Crippen MR) is 88.7 cm³/mol. The molecule has 126 valence electrons. The van der Waals surface area contributed by atoms with Gasteiger partial charge < -0.3 is 15.3 Å². The van der Waals surface area contributed by atoms with Crippen LogP contribution in [0.1, 0.15) is 50.6 Å². The summed E-state index contributed by atoms with van der Waals surface area (Å²) < 4.78 is 0. The summed E-state index contributed by atoms with van der Waals surface area (Å²) in [5, 5.41) is 13.3. The molecule has 2 rings (SSSR count). The van der Waals surface area contributed by atoms with Crippen LogP contribution in [0.2, 0.25) is 0 Å². The number of benzene rings is 1. The Bertz CT molecular complexity index is 538. The van der Waals surface area contributed by atoms with Crippen molar-refractivity contribution in [1.29, 1.82) is 0 Å². The van der Waals surface area contributed by atoms with Crippen molar-refractivity contribution >= 4 is 11.8 Å². The number of carbonyl (C=O) groups excluding carboxylic acids is 2. The van der Waals surface area contributed by atoms with Crippen LogP contribution in [-0.2, 0) is 9.59 Å². The molecule has 1 unspecified atom stereocenters. The van der Waals surface area contributed by atoms with Gasteiger partial charge in [0.05, 0.1) is 18.1 Å². The van der Waals surface area contributed by atoms with E-state index in [0.717, 1.165) is 31.2 Å². The lowest BCUT2D eigenvalue weighted by Gasteiger charge is -2.30. The number of nitrogens with one attached hydrogen (secondary N) is 1. The Morgan fingerprint density at radius 1 is 1.26 bits per heavy atom. The van der Waals surface area contributed by atoms with E-state index in [1.54, 1.807) is 11.9 Å². The molecule has 2 N–H and O–H groups in total. The molecule has 0 aliphatic heterocycles. The number of rotatable bonds is 6. The third kappa shape index (κ3) is 5.06. The number of hydrogen-bond acceptors (Lipinski definition) is 3. The molecule has 0 saturated heterocycles. The second-order valence-electron chi connectivity index (χ2n) is 6.55. The van der Waals surface area contributed by atoms with Gasteiger partial charge in [0, 0.05) is 20.5 Å². The van der Waals surface area contributed by atoms with Crippen molar-refractivity contribution in [2.24, 2.45) is 0 Å².